The lowest BCUT2D eigenvalue weighted by Gasteiger charge is -2.18. The van der Waals surface area contributed by atoms with E-state index in [1.165, 1.54) is 12.6 Å². The zero-order valence-corrected chi connectivity index (χ0v) is 13.8. The Bertz CT molecular complexity index is 685. The highest BCUT2D eigenvalue weighted by Gasteiger charge is 2.22. The van der Waals surface area contributed by atoms with Gasteiger partial charge in [-0.3, -0.25) is 0 Å². The molecule has 2 heterocycles. The van der Waals surface area contributed by atoms with Crippen LogP contribution in [0, 0.1) is 5.82 Å². The molecule has 112 valence electrons. The number of halogens is 3. The molecule has 0 N–H and O–H groups in total. The van der Waals surface area contributed by atoms with Crippen LogP contribution in [0.25, 0.3) is 10.9 Å². The minimum atomic E-state index is -0.497. The Morgan fingerprint density at radius 1 is 1.57 bits per heavy atom. The van der Waals surface area contributed by atoms with Gasteiger partial charge in [0.25, 0.3) is 0 Å². The molecule has 0 amide bonds. The van der Waals surface area contributed by atoms with E-state index in [1.807, 2.05) is 0 Å². The van der Waals surface area contributed by atoms with Gasteiger partial charge in [0.2, 0.25) is 0 Å². The molecule has 0 saturated carbocycles. The summed E-state index contributed by atoms with van der Waals surface area (Å²) in [7, 11) is 2.07. The van der Waals surface area contributed by atoms with Gasteiger partial charge >= 0.3 is 6.01 Å². The van der Waals surface area contributed by atoms with Gasteiger partial charge in [-0.2, -0.15) is 4.98 Å². The number of nitrogens with zero attached hydrogens (tertiary/aromatic N) is 3. The number of likely N-dealkylation sites (N-methyl/N-ethyl adjacent to an activating group) is 1. The molecule has 0 aliphatic carbocycles. The molecule has 7 heteroatoms. The summed E-state index contributed by atoms with van der Waals surface area (Å²) in [5, 5.41) is 0.843. The average Bonchev–Trinajstić information content (AvgIpc) is 2.88. The van der Waals surface area contributed by atoms with Crippen LogP contribution in [0.15, 0.2) is 16.7 Å². The van der Waals surface area contributed by atoms with Gasteiger partial charge in [-0.25, -0.2) is 9.37 Å². The summed E-state index contributed by atoms with van der Waals surface area (Å²) in [4.78, 5) is 10.5. The number of likely N-dealkylation sites (tertiary alicyclic amines) is 1. The van der Waals surface area contributed by atoms with E-state index in [-0.39, 0.29) is 16.0 Å². The predicted octanol–water partition coefficient (Wildman–Crippen LogP) is 3.66. The van der Waals surface area contributed by atoms with E-state index < -0.39 is 5.82 Å². The van der Waals surface area contributed by atoms with Crippen molar-refractivity contribution < 1.29 is 9.13 Å². The Morgan fingerprint density at radius 2 is 2.38 bits per heavy atom. The molecule has 1 aromatic carbocycles. The normalized spacial score (nSPS) is 19.3. The molecule has 1 atom stereocenters. The Labute approximate surface area is 135 Å². The zero-order chi connectivity index (χ0) is 15.0. The van der Waals surface area contributed by atoms with Crippen LogP contribution in [0.3, 0.4) is 0 Å². The lowest BCUT2D eigenvalue weighted by molar-refractivity contribution is 0.188. The highest BCUT2D eigenvalue weighted by Crippen LogP contribution is 2.31. The minimum Gasteiger partial charge on any atom is -0.462 e. The maximum absolute atomic E-state index is 14.2. The van der Waals surface area contributed by atoms with E-state index in [0.717, 1.165) is 13.0 Å². The number of hydrogen-bond donors (Lipinski definition) is 0. The second-order valence-corrected chi connectivity index (χ2v) is 6.36. The molecule has 1 fully saturated rings. The third kappa shape index (κ3) is 2.98. The number of benzene rings is 1. The molecule has 1 aliphatic heterocycles. The number of fused-ring (bicyclic) bond motifs is 1. The van der Waals surface area contributed by atoms with Crippen molar-refractivity contribution in [3.8, 4) is 6.01 Å². The summed E-state index contributed by atoms with van der Waals surface area (Å²) in [5.74, 6) is -0.497. The lowest BCUT2D eigenvalue weighted by atomic mass is 10.2. The Hall–Kier alpha value is -0.980. The van der Waals surface area contributed by atoms with Crippen molar-refractivity contribution in [1.29, 1.82) is 0 Å². The van der Waals surface area contributed by atoms with Crippen LogP contribution >= 0.6 is 27.5 Å². The van der Waals surface area contributed by atoms with Crippen molar-refractivity contribution in [2.24, 2.45) is 0 Å². The molecule has 2 aromatic rings. The van der Waals surface area contributed by atoms with Crippen LogP contribution in [-0.4, -0.2) is 41.1 Å². The van der Waals surface area contributed by atoms with Crippen LogP contribution in [0.4, 0.5) is 4.39 Å². The smallest absolute Gasteiger partial charge is 0.317 e. The summed E-state index contributed by atoms with van der Waals surface area (Å²) >= 11 is 9.03. The predicted molar refractivity (Wildman–Crippen MR) is 83.4 cm³/mol. The van der Waals surface area contributed by atoms with Gasteiger partial charge in [0.05, 0.1) is 9.50 Å². The van der Waals surface area contributed by atoms with E-state index in [0.29, 0.717) is 23.1 Å². The van der Waals surface area contributed by atoms with E-state index >= 15 is 0 Å². The molecule has 1 saturated heterocycles. The number of aromatic nitrogens is 2. The molecule has 4 nitrogen and oxygen atoms in total. The first-order valence-electron chi connectivity index (χ1n) is 6.69. The Kier molecular flexibility index (Phi) is 4.28. The quantitative estimate of drug-likeness (QED) is 0.769. The molecule has 1 aliphatic rings. The van der Waals surface area contributed by atoms with Gasteiger partial charge < -0.3 is 9.64 Å². The van der Waals surface area contributed by atoms with Crippen molar-refractivity contribution in [3.05, 3.63) is 27.6 Å². The van der Waals surface area contributed by atoms with Crippen molar-refractivity contribution in [3.63, 3.8) is 0 Å². The lowest BCUT2D eigenvalue weighted by Crippen LogP contribution is -2.30. The van der Waals surface area contributed by atoms with Crippen molar-refractivity contribution >= 4 is 38.4 Å². The topological polar surface area (TPSA) is 38.2 Å². The van der Waals surface area contributed by atoms with Crippen LogP contribution in [0.5, 0.6) is 6.01 Å². The summed E-state index contributed by atoms with van der Waals surface area (Å²) in [6.07, 6.45) is 3.79. The van der Waals surface area contributed by atoms with E-state index in [2.05, 4.69) is 37.8 Å². The van der Waals surface area contributed by atoms with Crippen molar-refractivity contribution in [2.75, 3.05) is 20.2 Å². The largest absolute Gasteiger partial charge is 0.462 e. The third-order valence-corrected chi connectivity index (χ3v) is 5.07. The maximum atomic E-state index is 14.2. The number of ether oxygens (including phenoxy) is 1. The van der Waals surface area contributed by atoms with E-state index in [9.17, 15) is 4.39 Å². The minimum absolute atomic E-state index is 0.191. The second-order valence-electron chi connectivity index (χ2n) is 5.16. The molecule has 0 spiro atoms. The van der Waals surface area contributed by atoms with Crippen LogP contribution in [-0.2, 0) is 0 Å². The zero-order valence-electron chi connectivity index (χ0n) is 11.4. The Morgan fingerprint density at radius 3 is 3.10 bits per heavy atom. The molecular formula is C14H14BrClFN3O. The molecule has 1 unspecified atom stereocenters. The van der Waals surface area contributed by atoms with Gasteiger partial charge in [0.1, 0.15) is 12.1 Å². The van der Waals surface area contributed by atoms with Gasteiger partial charge in [-0.05, 0) is 48.4 Å². The molecule has 0 bridgehead atoms. The highest BCUT2D eigenvalue weighted by molar-refractivity contribution is 9.10. The number of rotatable bonds is 3. The summed E-state index contributed by atoms with van der Waals surface area (Å²) in [6, 6.07) is 2.18. The first-order chi connectivity index (χ1) is 10.1. The molecule has 0 radical (unpaired) electrons. The molecule has 21 heavy (non-hydrogen) atoms. The number of hydrogen-bond acceptors (Lipinski definition) is 4. The van der Waals surface area contributed by atoms with Gasteiger partial charge in [-0.15, -0.1) is 0 Å². The van der Waals surface area contributed by atoms with Crippen molar-refractivity contribution in [2.45, 2.75) is 18.9 Å². The average molecular weight is 375 g/mol. The fraction of sp³-hybridized carbons (Fsp3) is 0.429. The van der Waals surface area contributed by atoms with E-state index in [1.54, 1.807) is 6.07 Å². The van der Waals surface area contributed by atoms with Crippen LogP contribution in [0.1, 0.15) is 12.8 Å². The van der Waals surface area contributed by atoms with Gasteiger partial charge in [0, 0.05) is 17.6 Å². The fourth-order valence-electron chi connectivity index (χ4n) is 2.50. The Balaban J connectivity index is 1.83. The van der Waals surface area contributed by atoms with Crippen LogP contribution in [0.2, 0.25) is 5.02 Å². The fourth-order valence-corrected chi connectivity index (χ4v) is 3.00. The summed E-state index contributed by atoms with van der Waals surface area (Å²) in [5.41, 5.74) is 0.205. The first kappa shape index (κ1) is 14.9. The standard InChI is InChI=1S/C14H14BrClFN3O/c1-20-4-2-3-9(20)7-21-14-18-6-8-5-10(16)11(15)12(17)13(8)19-14/h5-6,9H,2-4,7H2,1H3. The maximum Gasteiger partial charge on any atom is 0.317 e. The van der Waals surface area contributed by atoms with Crippen LogP contribution < -0.4 is 4.74 Å². The second kappa shape index (κ2) is 6.02. The first-order valence-corrected chi connectivity index (χ1v) is 7.86. The molecular weight excluding hydrogens is 361 g/mol. The molecule has 1 aromatic heterocycles. The van der Waals surface area contributed by atoms with Crippen molar-refractivity contribution in [1.82, 2.24) is 14.9 Å². The highest BCUT2D eigenvalue weighted by atomic mass is 79.9. The molecule has 3 rings (SSSR count). The van der Waals surface area contributed by atoms with Gasteiger partial charge in [0.15, 0.2) is 5.82 Å². The van der Waals surface area contributed by atoms with E-state index in [4.69, 9.17) is 16.3 Å². The third-order valence-electron chi connectivity index (χ3n) is 3.76. The monoisotopic (exact) mass is 373 g/mol. The SMILES string of the molecule is CN1CCCC1COc1ncc2cc(Cl)c(Br)c(F)c2n1. The summed E-state index contributed by atoms with van der Waals surface area (Å²) < 4.78 is 20.0. The summed E-state index contributed by atoms with van der Waals surface area (Å²) in [6.45, 7) is 1.59. The van der Waals surface area contributed by atoms with Gasteiger partial charge in [-0.1, -0.05) is 11.6 Å².